The average Bonchev–Trinajstić information content (AvgIpc) is 3.17. The molecular formula is C22H25N3O4S. The second-order valence-electron chi connectivity index (χ2n) is 6.62. The molecule has 3 aromatic rings. The SMILES string of the molecule is CC(=O)N(C)[C@@H](C)[C@@H](Oc1cccc2sc(C(=N)N)cc12)c1ccccc1.O=CO. The highest BCUT2D eigenvalue weighted by Crippen LogP contribution is 2.36. The van der Waals surface area contributed by atoms with E-state index in [0.29, 0.717) is 10.6 Å². The van der Waals surface area contributed by atoms with Crippen molar-refractivity contribution in [1.82, 2.24) is 4.90 Å². The maximum Gasteiger partial charge on any atom is 0.290 e. The molecule has 3 rings (SSSR count). The molecule has 158 valence electrons. The Hall–Kier alpha value is -3.39. The van der Waals surface area contributed by atoms with Crippen molar-refractivity contribution in [3.63, 3.8) is 0 Å². The van der Waals surface area contributed by atoms with Gasteiger partial charge in [0.2, 0.25) is 5.91 Å². The summed E-state index contributed by atoms with van der Waals surface area (Å²) in [4.78, 5) is 22.7. The fourth-order valence-electron chi connectivity index (χ4n) is 2.98. The molecule has 1 heterocycles. The van der Waals surface area contributed by atoms with Crippen molar-refractivity contribution < 1.29 is 19.4 Å². The van der Waals surface area contributed by atoms with Crippen LogP contribution < -0.4 is 10.5 Å². The number of fused-ring (bicyclic) bond motifs is 1. The van der Waals surface area contributed by atoms with E-state index < -0.39 is 0 Å². The maximum absolute atomic E-state index is 11.9. The van der Waals surface area contributed by atoms with Crippen molar-refractivity contribution in [2.24, 2.45) is 5.73 Å². The number of hydrogen-bond donors (Lipinski definition) is 3. The molecule has 4 N–H and O–H groups in total. The molecular weight excluding hydrogens is 402 g/mol. The molecule has 0 radical (unpaired) electrons. The number of carbonyl (C=O) groups excluding carboxylic acids is 1. The second-order valence-corrected chi connectivity index (χ2v) is 7.70. The van der Waals surface area contributed by atoms with Crippen LogP contribution in [-0.4, -0.2) is 41.3 Å². The van der Waals surface area contributed by atoms with Crippen LogP contribution in [0.25, 0.3) is 10.1 Å². The highest BCUT2D eigenvalue weighted by molar-refractivity contribution is 7.20. The summed E-state index contributed by atoms with van der Waals surface area (Å²) < 4.78 is 7.45. The van der Waals surface area contributed by atoms with E-state index in [2.05, 4.69) is 0 Å². The van der Waals surface area contributed by atoms with Gasteiger partial charge in [0.1, 0.15) is 17.7 Å². The van der Waals surface area contributed by atoms with Gasteiger partial charge in [-0.05, 0) is 30.7 Å². The lowest BCUT2D eigenvalue weighted by atomic mass is 10.0. The molecule has 0 aliphatic rings. The molecule has 2 atom stereocenters. The first-order chi connectivity index (χ1) is 14.3. The van der Waals surface area contributed by atoms with E-state index in [0.717, 1.165) is 15.6 Å². The molecule has 30 heavy (non-hydrogen) atoms. The average molecular weight is 428 g/mol. The molecule has 0 aliphatic heterocycles. The van der Waals surface area contributed by atoms with Crippen LogP contribution in [0.4, 0.5) is 0 Å². The Morgan fingerprint density at radius 3 is 2.43 bits per heavy atom. The van der Waals surface area contributed by atoms with Gasteiger partial charge in [-0.2, -0.15) is 0 Å². The Bertz CT molecular complexity index is 1020. The van der Waals surface area contributed by atoms with Crippen molar-refractivity contribution >= 4 is 39.6 Å². The maximum atomic E-state index is 11.9. The molecule has 1 amide bonds. The molecule has 8 heteroatoms. The first kappa shape index (κ1) is 22.9. The van der Waals surface area contributed by atoms with Crippen LogP contribution in [0, 0.1) is 5.41 Å². The topological polar surface area (TPSA) is 117 Å². The molecule has 0 aliphatic carbocycles. The van der Waals surface area contributed by atoms with Gasteiger partial charge >= 0.3 is 0 Å². The summed E-state index contributed by atoms with van der Waals surface area (Å²) in [7, 11) is 1.78. The number of carbonyl (C=O) groups is 2. The summed E-state index contributed by atoms with van der Waals surface area (Å²) in [6.45, 7) is 3.28. The third kappa shape index (κ3) is 5.36. The Kier molecular flexibility index (Phi) is 7.94. The fourth-order valence-corrected chi connectivity index (χ4v) is 3.92. The minimum Gasteiger partial charge on any atom is -0.483 e. The summed E-state index contributed by atoms with van der Waals surface area (Å²) in [5, 5.41) is 15.5. The van der Waals surface area contributed by atoms with Gasteiger partial charge in [-0.15, -0.1) is 11.3 Å². The Labute approximate surface area is 179 Å². The molecule has 0 fully saturated rings. The van der Waals surface area contributed by atoms with Gasteiger partial charge in [0.25, 0.3) is 6.47 Å². The van der Waals surface area contributed by atoms with Crippen molar-refractivity contribution in [2.75, 3.05) is 7.05 Å². The molecule has 0 saturated carbocycles. The number of nitrogens with two attached hydrogens (primary N) is 1. The fraction of sp³-hybridized carbons (Fsp3) is 0.227. The first-order valence-corrected chi connectivity index (χ1v) is 10.0. The number of nitrogen functional groups attached to an aromatic ring is 1. The summed E-state index contributed by atoms with van der Waals surface area (Å²) in [6.07, 6.45) is -0.327. The van der Waals surface area contributed by atoms with Crippen LogP contribution >= 0.6 is 11.3 Å². The smallest absolute Gasteiger partial charge is 0.290 e. The van der Waals surface area contributed by atoms with E-state index in [4.69, 9.17) is 25.8 Å². The van der Waals surface area contributed by atoms with E-state index in [1.165, 1.54) is 11.3 Å². The van der Waals surface area contributed by atoms with Crippen molar-refractivity contribution in [3.8, 4) is 5.75 Å². The van der Waals surface area contributed by atoms with E-state index >= 15 is 0 Å². The second kappa shape index (κ2) is 10.4. The van der Waals surface area contributed by atoms with Crippen LogP contribution in [-0.2, 0) is 9.59 Å². The molecule has 7 nitrogen and oxygen atoms in total. The van der Waals surface area contributed by atoms with Crippen molar-refractivity contribution in [2.45, 2.75) is 26.0 Å². The van der Waals surface area contributed by atoms with Gasteiger partial charge in [-0.25, -0.2) is 0 Å². The lowest BCUT2D eigenvalue weighted by Crippen LogP contribution is -2.39. The van der Waals surface area contributed by atoms with Crippen LogP contribution in [0.2, 0.25) is 0 Å². The third-order valence-corrected chi connectivity index (χ3v) is 5.85. The first-order valence-electron chi connectivity index (χ1n) is 9.20. The zero-order chi connectivity index (χ0) is 22.3. The van der Waals surface area contributed by atoms with E-state index in [9.17, 15) is 4.79 Å². The van der Waals surface area contributed by atoms with Gasteiger partial charge in [0, 0.05) is 24.1 Å². The van der Waals surface area contributed by atoms with E-state index in [1.807, 2.05) is 61.5 Å². The number of hydrogen-bond acceptors (Lipinski definition) is 5. The number of benzene rings is 2. The normalized spacial score (nSPS) is 12.2. The zero-order valence-electron chi connectivity index (χ0n) is 17.0. The summed E-state index contributed by atoms with van der Waals surface area (Å²) in [5.74, 6) is 0.750. The number of ether oxygens (including phenoxy) is 1. The third-order valence-electron chi connectivity index (χ3n) is 4.71. The largest absolute Gasteiger partial charge is 0.483 e. The molecule has 0 spiro atoms. The standard InChI is InChI=1S/C21H23N3O2S.CH2O2/c1-13(24(3)14(2)25)20(15-8-5-4-6-9-15)26-17-10-7-11-18-16(17)12-19(27-18)21(22)23;2-1-3/h4-13,20H,1-3H3,(H3,22,23);1H,(H,2,3)/t13-,20+;/m0./s1. The Morgan fingerprint density at radius 2 is 1.87 bits per heavy atom. The molecule has 0 unspecified atom stereocenters. The van der Waals surface area contributed by atoms with E-state index in [-0.39, 0.29) is 30.4 Å². The van der Waals surface area contributed by atoms with Crippen LogP contribution in [0.1, 0.15) is 30.4 Å². The molecule has 1 aromatic heterocycles. The monoisotopic (exact) mass is 427 g/mol. The number of amidine groups is 1. The molecule has 0 bridgehead atoms. The van der Waals surface area contributed by atoms with Crippen LogP contribution in [0.5, 0.6) is 5.75 Å². The highest BCUT2D eigenvalue weighted by atomic mass is 32.1. The highest BCUT2D eigenvalue weighted by Gasteiger charge is 2.27. The minimum absolute atomic E-state index is 0.0142. The van der Waals surface area contributed by atoms with Crippen LogP contribution in [0.3, 0.4) is 0 Å². The van der Waals surface area contributed by atoms with Gasteiger partial charge < -0.3 is 20.5 Å². The lowest BCUT2D eigenvalue weighted by molar-refractivity contribution is -0.131. The minimum atomic E-state index is -0.327. The van der Waals surface area contributed by atoms with Gasteiger partial charge in [-0.1, -0.05) is 36.4 Å². The van der Waals surface area contributed by atoms with Gasteiger partial charge in [0.05, 0.1) is 10.9 Å². The van der Waals surface area contributed by atoms with Crippen LogP contribution in [0.15, 0.2) is 54.6 Å². The number of nitrogens with zero attached hydrogens (tertiary/aromatic N) is 1. The lowest BCUT2D eigenvalue weighted by Gasteiger charge is -2.32. The predicted octanol–water partition coefficient (Wildman–Crippen LogP) is 3.87. The predicted molar refractivity (Wildman–Crippen MR) is 119 cm³/mol. The number of amides is 1. The summed E-state index contributed by atoms with van der Waals surface area (Å²) in [5.41, 5.74) is 6.65. The zero-order valence-corrected chi connectivity index (χ0v) is 17.8. The van der Waals surface area contributed by atoms with E-state index in [1.54, 1.807) is 18.9 Å². The Morgan fingerprint density at radius 1 is 1.23 bits per heavy atom. The van der Waals surface area contributed by atoms with Gasteiger partial charge in [-0.3, -0.25) is 15.0 Å². The Balaban J connectivity index is 0.00000101. The molecule has 2 aromatic carbocycles. The van der Waals surface area contributed by atoms with Crippen molar-refractivity contribution in [3.05, 3.63) is 65.0 Å². The van der Waals surface area contributed by atoms with Crippen molar-refractivity contribution in [1.29, 1.82) is 5.41 Å². The number of carboxylic acid groups (broad SMARTS) is 1. The number of nitrogens with one attached hydrogen (secondary N) is 1. The quantitative estimate of drug-likeness (QED) is 0.314. The number of likely N-dealkylation sites (N-methyl/N-ethyl adjacent to an activating group) is 1. The molecule has 0 saturated heterocycles. The number of rotatable bonds is 6. The summed E-state index contributed by atoms with van der Waals surface area (Å²) >= 11 is 1.47. The summed E-state index contributed by atoms with van der Waals surface area (Å²) in [6, 6.07) is 17.4. The number of thiophene rings is 1. The van der Waals surface area contributed by atoms with Gasteiger partial charge in [0.15, 0.2) is 0 Å².